The van der Waals surface area contributed by atoms with Gasteiger partial charge in [-0.15, -0.1) is 11.3 Å². The van der Waals surface area contributed by atoms with Gasteiger partial charge in [-0.1, -0.05) is 23.8 Å². The highest BCUT2D eigenvalue weighted by molar-refractivity contribution is 7.17. The molecule has 1 heterocycles. The van der Waals surface area contributed by atoms with Crippen molar-refractivity contribution in [2.45, 2.75) is 13.8 Å². The number of hydrogen-bond donors (Lipinski definition) is 0. The van der Waals surface area contributed by atoms with Gasteiger partial charge in [-0.05, 0) is 19.9 Å². The molecule has 94 valence electrons. The number of aryl methyl sites for hydroxylation is 2. The number of nitrogens with zero attached hydrogens (tertiary/aromatic N) is 2. The van der Waals surface area contributed by atoms with E-state index in [0.29, 0.717) is 0 Å². The molecule has 0 aliphatic rings. The van der Waals surface area contributed by atoms with Crippen molar-refractivity contribution in [2.75, 3.05) is 14.1 Å². The molecule has 1 aromatic heterocycles. The Bertz CT molecular complexity index is 587. The number of carbonyl (C=O) groups is 1. The van der Waals surface area contributed by atoms with Gasteiger partial charge in [0.15, 0.2) is 0 Å². The molecule has 0 spiro atoms. The maximum atomic E-state index is 12.0. The predicted octanol–water partition coefficient (Wildman–Crippen LogP) is 3.13. The van der Waals surface area contributed by atoms with Crippen LogP contribution in [0.5, 0.6) is 0 Å². The molecule has 4 heteroatoms. The minimum Gasteiger partial charge on any atom is -0.344 e. The van der Waals surface area contributed by atoms with Crippen LogP contribution in [0.4, 0.5) is 0 Å². The minimum absolute atomic E-state index is 0.0175. The van der Waals surface area contributed by atoms with E-state index in [1.165, 1.54) is 16.9 Å². The Morgan fingerprint density at radius 2 is 2.00 bits per heavy atom. The first-order valence-corrected chi connectivity index (χ1v) is 6.57. The Labute approximate surface area is 111 Å². The van der Waals surface area contributed by atoms with E-state index in [0.717, 1.165) is 21.1 Å². The Kier molecular flexibility index (Phi) is 3.48. The zero-order valence-electron chi connectivity index (χ0n) is 11.0. The van der Waals surface area contributed by atoms with Gasteiger partial charge in [-0.2, -0.15) is 0 Å². The highest BCUT2D eigenvalue weighted by atomic mass is 32.1. The lowest BCUT2D eigenvalue weighted by Crippen LogP contribution is -2.21. The summed E-state index contributed by atoms with van der Waals surface area (Å²) in [6.07, 6.45) is 0. The maximum absolute atomic E-state index is 12.0. The Morgan fingerprint density at radius 1 is 1.28 bits per heavy atom. The first-order chi connectivity index (χ1) is 8.49. The summed E-state index contributed by atoms with van der Waals surface area (Å²) in [5.41, 5.74) is 3.07. The molecule has 0 fully saturated rings. The standard InChI is InChI=1S/C14H16N2OS/c1-9-6-5-7-11(8-9)13-15-10(2)12(18-13)14(17)16(3)4/h5-8H,1-4H3. The highest BCUT2D eigenvalue weighted by Gasteiger charge is 2.17. The molecule has 2 aromatic rings. The molecule has 3 nitrogen and oxygen atoms in total. The van der Waals surface area contributed by atoms with Gasteiger partial charge in [-0.25, -0.2) is 4.98 Å². The summed E-state index contributed by atoms with van der Waals surface area (Å²) < 4.78 is 0. The van der Waals surface area contributed by atoms with Gasteiger partial charge in [0.2, 0.25) is 0 Å². The fourth-order valence-corrected chi connectivity index (χ4v) is 2.78. The van der Waals surface area contributed by atoms with Crippen LogP contribution in [0.25, 0.3) is 10.6 Å². The molecule has 18 heavy (non-hydrogen) atoms. The van der Waals surface area contributed by atoms with E-state index in [9.17, 15) is 4.79 Å². The molecule has 1 amide bonds. The minimum atomic E-state index is 0.0175. The first kappa shape index (κ1) is 12.8. The van der Waals surface area contributed by atoms with Crippen LogP contribution in [-0.2, 0) is 0 Å². The molecule has 0 N–H and O–H groups in total. The lowest BCUT2D eigenvalue weighted by Gasteiger charge is -2.07. The molecule has 0 radical (unpaired) electrons. The fourth-order valence-electron chi connectivity index (χ4n) is 1.70. The van der Waals surface area contributed by atoms with Gasteiger partial charge in [0.25, 0.3) is 5.91 Å². The lowest BCUT2D eigenvalue weighted by molar-refractivity contribution is 0.0831. The van der Waals surface area contributed by atoms with Crippen molar-refractivity contribution in [3.63, 3.8) is 0 Å². The fraction of sp³-hybridized carbons (Fsp3) is 0.286. The van der Waals surface area contributed by atoms with Crippen molar-refractivity contribution in [1.82, 2.24) is 9.88 Å². The van der Waals surface area contributed by atoms with Gasteiger partial charge in [0.1, 0.15) is 9.88 Å². The summed E-state index contributed by atoms with van der Waals surface area (Å²) in [5.74, 6) is 0.0175. The zero-order chi connectivity index (χ0) is 13.3. The third-order valence-corrected chi connectivity index (χ3v) is 3.86. The summed E-state index contributed by atoms with van der Waals surface area (Å²) >= 11 is 1.46. The molecule has 0 unspecified atom stereocenters. The average molecular weight is 260 g/mol. The topological polar surface area (TPSA) is 33.2 Å². The number of rotatable bonds is 2. The van der Waals surface area contributed by atoms with Crippen LogP contribution in [0.3, 0.4) is 0 Å². The van der Waals surface area contributed by atoms with E-state index < -0.39 is 0 Å². The molecular formula is C14H16N2OS. The van der Waals surface area contributed by atoms with Gasteiger partial charge in [-0.3, -0.25) is 4.79 Å². The number of hydrogen-bond acceptors (Lipinski definition) is 3. The van der Waals surface area contributed by atoms with Crippen molar-refractivity contribution in [1.29, 1.82) is 0 Å². The molecular weight excluding hydrogens is 244 g/mol. The average Bonchev–Trinajstić information content (AvgIpc) is 2.70. The van der Waals surface area contributed by atoms with E-state index in [-0.39, 0.29) is 5.91 Å². The zero-order valence-corrected chi connectivity index (χ0v) is 11.8. The molecule has 0 aliphatic heterocycles. The summed E-state index contributed by atoms with van der Waals surface area (Å²) in [7, 11) is 3.52. The summed E-state index contributed by atoms with van der Waals surface area (Å²) in [4.78, 5) is 18.8. The van der Waals surface area contributed by atoms with Crippen LogP contribution >= 0.6 is 11.3 Å². The van der Waals surface area contributed by atoms with Crippen molar-refractivity contribution >= 4 is 17.2 Å². The van der Waals surface area contributed by atoms with Crippen LogP contribution in [-0.4, -0.2) is 29.9 Å². The Hall–Kier alpha value is -1.68. The Balaban J connectivity index is 2.43. The maximum Gasteiger partial charge on any atom is 0.265 e. The number of amides is 1. The van der Waals surface area contributed by atoms with Crippen molar-refractivity contribution in [3.8, 4) is 10.6 Å². The molecule has 0 bridgehead atoms. The van der Waals surface area contributed by atoms with Gasteiger partial charge >= 0.3 is 0 Å². The molecule has 0 saturated carbocycles. The van der Waals surface area contributed by atoms with Crippen LogP contribution in [0, 0.1) is 13.8 Å². The largest absolute Gasteiger partial charge is 0.344 e. The number of thiazole rings is 1. The second-order valence-electron chi connectivity index (χ2n) is 4.50. The van der Waals surface area contributed by atoms with Crippen molar-refractivity contribution < 1.29 is 4.79 Å². The quantitative estimate of drug-likeness (QED) is 0.831. The number of aromatic nitrogens is 1. The number of benzene rings is 1. The molecule has 0 atom stereocenters. The monoisotopic (exact) mass is 260 g/mol. The van der Waals surface area contributed by atoms with Crippen LogP contribution in [0.2, 0.25) is 0 Å². The Morgan fingerprint density at radius 3 is 2.61 bits per heavy atom. The SMILES string of the molecule is Cc1cccc(-c2nc(C)c(C(=O)N(C)C)s2)c1. The third-order valence-electron chi connectivity index (χ3n) is 2.66. The predicted molar refractivity (Wildman–Crippen MR) is 75.0 cm³/mol. The number of carbonyl (C=O) groups excluding carboxylic acids is 1. The van der Waals surface area contributed by atoms with Gasteiger partial charge < -0.3 is 4.90 Å². The van der Waals surface area contributed by atoms with Crippen LogP contribution in [0.15, 0.2) is 24.3 Å². The van der Waals surface area contributed by atoms with E-state index in [1.807, 2.05) is 19.1 Å². The van der Waals surface area contributed by atoms with E-state index in [2.05, 4.69) is 24.0 Å². The van der Waals surface area contributed by atoms with Crippen LogP contribution < -0.4 is 0 Å². The lowest BCUT2D eigenvalue weighted by atomic mass is 10.1. The highest BCUT2D eigenvalue weighted by Crippen LogP contribution is 2.28. The van der Waals surface area contributed by atoms with E-state index in [1.54, 1.807) is 19.0 Å². The normalized spacial score (nSPS) is 10.4. The summed E-state index contributed by atoms with van der Waals surface area (Å²) in [5, 5.41) is 0.904. The smallest absolute Gasteiger partial charge is 0.265 e. The second kappa shape index (κ2) is 4.90. The third kappa shape index (κ3) is 2.43. The van der Waals surface area contributed by atoms with Gasteiger partial charge in [0, 0.05) is 19.7 Å². The molecule has 0 aliphatic carbocycles. The van der Waals surface area contributed by atoms with Crippen LogP contribution in [0.1, 0.15) is 20.9 Å². The summed E-state index contributed by atoms with van der Waals surface area (Å²) in [6.45, 7) is 3.93. The molecule has 1 aromatic carbocycles. The first-order valence-electron chi connectivity index (χ1n) is 5.75. The summed E-state index contributed by atoms with van der Waals surface area (Å²) in [6, 6.07) is 8.17. The van der Waals surface area contributed by atoms with E-state index >= 15 is 0 Å². The second-order valence-corrected chi connectivity index (χ2v) is 5.50. The van der Waals surface area contributed by atoms with Gasteiger partial charge in [0.05, 0.1) is 5.69 Å². The van der Waals surface area contributed by atoms with Crippen molar-refractivity contribution in [2.24, 2.45) is 0 Å². The van der Waals surface area contributed by atoms with E-state index in [4.69, 9.17) is 0 Å². The molecule has 0 saturated heterocycles. The van der Waals surface area contributed by atoms with Crippen molar-refractivity contribution in [3.05, 3.63) is 40.4 Å². The molecule has 2 rings (SSSR count).